The fourth-order valence-corrected chi connectivity index (χ4v) is 5.23. The Morgan fingerprint density at radius 2 is 1.97 bits per heavy atom. The molecular weight excluding hydrogens is 446 g/mol. The molecule has 5 aromatic rings. The Balaban J connectivity index is 1.35. The van der Waals surface area contributed by atoms with E-state index in [9.17, 15) is 4.79 Å². The number of para-hydroxylation sites is 1. The number of nitrogens with zero attached hydrogens (tertiary/aromatic N) is 5. The minimum Gasteiger partial charge on any atom is -0.484 e. The van der Waals surface area contributed by atoms with Crippen molar-refractivity contribution in [2.75, 3.05) is 13.2 Å². The maximum atomic E-state index is 13.5. The van der Waals surface area contributed by atoms with Gasteiger partial charge in [-0.15, -0.1) is 11.3 Å². The summed E-state index contributed by atoms with van der Waals surface area (Å²) in [5, 5.41) is 6.62. The van der Waals surface area contributed by atoms with Crippen LogP contribution < -0.4 is 4.74 Å². The first kappa shape index (κ1) is 20.7. The Hall–Kier alpha value is -3.91. The Morgan fingerprint density at radius 1 is 1.15 bits per heavy atom. The Kier molecular flexibility index (Phi) is 5.15. The number of hydrogen-bond acceptors (Lipinski definition) is 5. The van der Waals surface area contributed by atoms with Crippen molar-refractivity contribution in [3.05, 3.63) is 101 Å². The number of carbonyl (C=O) groups is 1. The molecule has 6 rings (SSSR count). The molecule has 170 valence electrons. The fourth-order valence-electron chi connectivity index (χ4n) is 4.49. The zero-order chi connectivity index (χ0) is 23.1. The molecule has 0 bridgehead atoms. The number of hydrogen-bond donors (Lipinski definition) is 0. The van der Waals surface area contributed by atoms with E-state index in [2.05, 4.69) is 9.50 Å². The predicted molar refractivity (Wildman–Crippen MR) is 131 cm³/mol. The lowest BCUT2D eigenvalue weighted by atomic mass is 9.97. The highest BCUT2D eigenvalue weighted by Gasteiger charge is 2.36. The lowest BCUT2D eigenvalue weighted by Crippen LogP contribution is -2.43. The van der Waals surface area contributed by atoms with Gasteiger partial charge in [-0.3, -0.25) is 9.20 Å². The molecule has 0 radical (unpaired) electrons. The SMILES string of the molecule is Cc1ccc(OCC(=O)N2CCc3nc4sccn4c3C2c2cnn(-c3ccccc3)c2)cc1. The molecule has 7 nitrogen and oxygen atoms in total. The van der Waals surface area contributed by atoms with Crippen LogP contribution in [0.4, 0.5) is 0 Å². The molecule has 4 heterocycles. The van der Waals surface area contributed by atoms with Crippen molar-refractivity contribution in [2.45, 2.75) is 19.4 Å². The highest BCUT2D eigenvalue weighted by Crippen LogP contribution is 2.37. The fraction of sp³-hybridized carbons (Fsp3) is 0.192. The number of aryl methyl sites for hydroxylation is 1. The van der Waals surface area contributed by atoms with Gasteiger partial charge in [0.1, 0.15) is 11.8 Å². The molecule has 1 unspecified atom stereocenters. The van der Waals surface area contributed by atoms with Gasteiger partial charge in [0.15, 0.2) is 11.6 Å². The van der Waals surface area contributed by atoms with E-state index >= 15 is 0 Å². The van der Waals surface area contributed by atoms with Gasteiger partial charge in [0.2, 0.25) is 0 Å². The summed E-state index contributed by atoms with van der Waals surface area (Å²) >= 11 is 1.60. The van der Waals surface area contributed by atoms with Gasteiger partial charge in [-0.1, -0.05) is 35.9 Å². The first-order chi connectivity index (χ1) is 16.7. The van der Waals surface area contributed by atoms with Gasteiger partial charge in [0, 0.05) is 36.3 Å². The molecule has 0 aliphatic carbocycles. The molecular formula is C26H23N5O2S. The van der Waals surface area contributed by atoms with E-state index in [1.165, 1.54) is 0 Å². The maximum Gasteiger partial charge on any atom is 0.261 e. The van der Waals surface area contributed by atoms with Crippen molar-refractivity contribution in [1.82, 2.24) is 24.1 Å². The molecule has 1 atom stereocenters. The third-order valence-electron chi connectivity index (χ3n) is 6.18. The maximum absolute atomic E-state index is 13.5. The summed E-state index contributed by atoms with van der Waals surface area (Å²) in [5.41, 5.74) is 5.13. The first-order valence-corrected chi connectivity index (χ1v) is 12.1. The van der Waals surface area contributed by atoms with Crippen LogP contribution in [0.3, 0.4) is 0 Å². The van der Waals surface area contributed by atoms with Gasteiger partial charge in [0.05, 0.1) is 23.3 Å². The van der Waals surface area contributed by atoms with E-state index in [1.807, 2.05) is 95.1 Å². The lowest BCUT2D eigenvalue weighted by Gasteiger charge is -2.35. The molecule has 0 spiro atoms. The van der Waals surface area contributed by atoms with Gasteiger partial charge in [-0.25, -0.2) is 9.67 Å². The second-order valence-corrected chi connectivity index (χ2v) is 9.27. The Bertz CT molecular complexity index is 1450. The summed E-state index contributed by atoms with van der Waals surface area (Å²) < 4.78 is 9.79. The summed E-state index contributed by atoms with van der Waals surface area (Å²) in [4.78, 5) is 21.1. The largest absolute Gasteiger partial charge is 0.484 e. The van der Waals surface area contributed by atoms with Gasteiger partial charge < -0.3 is 9.64 Å². The van der Waals surface area contributed by atoms with Crippen molar-refractivity contribution in [3.63, 3.8) is 0 Å². The third kappa shape index (κ3) is 3.66. The molecule has 8 heteroatoms. The zero-order valence-corrected chi connectivity index (χ0v) is 19.5. The number of fused-ring (bicyclic) bond motifs is 3. The first-order valence-electron chi connectivity index (χ1n) is 11.2. The van der Waals surface area contributed by atoms with E-state index < -0.39 is 0 Å². The molecule has 2 aromatic carbocycles. The Morgan fingerprint density at radius 3 is 2.79 bits per heavy atom. The zero-order valence-electron chi connectivity index (χ0n) is 18.7. The number of benzene rings is 2. The summed E-state index contributed by atoms with van der Waals surface area (Å²) in [5.74, 6) is 0.628. The van der Waals surface area contributed by atoms with E-state index in [-0.39, 0.29) is 18.6 Å². The van der Waals surface area contributed by atoms with Crippen molar-refractivity contribution < 1.29 is 9.53 Å². The monoisotopic (exact) mass is 469 g/mol. The van der Waals surface area contributed by atoms with Crippen molar-refractivity contribution in [2.24, 2.45) is 0 Å². The second kappa shape index (κ2) is 8.46. The standard InChI is InChI=1S/C26H23N5O2S/c1-18-7-9-21(10-8-18)33-17-23(32)29-12-11-22-25(30-13-14-34-26(30)28-22)24(29)19-15-27-31(16-19)20-5-3-2-4-6-20/h2-10,13-16,24H,11-12,17H2,1H3. The van der Waals surface area contributed by atoms with Crippen LogP contribution in [0.1, 0.15) is 28.6 Å². The minimum absolute atomic E-state index is 0.0205. The van der Waals surface area contributed by atoms with Crippen LogP contribution in [0, 0.1) is 6.92 Å². The molecule has 34 heavy (non-hydrogen) atoms. The summed E-state index contributed by atoms with van der Waals surface area (Å²) in [6.07, 6.45) is 6.59. The predicted octanol–water partition coefficient (Wildman–Crippen LogP) is 4.44. The summed E-state index contributed by atoms with van der Waals surface area (Å²) in [7, 11) is 0. The van der Waals surface area contributed by atoms with Crippen LogP contribution in [0.5, 0.6) is 5.75 Å². The van der Waals surface area contributed by atoms with E-state index in [1.54, 1.807) is 11.3 Å². The van der Waals surface area contributed by atoms with Crippen LogP contribution in [-0.2, 0) is 11.2 Å². The molecule has 0 N–H and O–H groups in total. The molecule has 0 fully saturated rings. The van der Waals surface area contributed by atoms with E-state index in [0.717, 1.165) is 33.2 Å². The molecule has 0 saturated heterocycles. The Labute approximate surface area is 200 Å². The van der Waals surface area contributed by atoms with E-state index in [4.69, 9.17) is 9.72 Å². The lowest BCUT2D eigenvalue weighted by molar-refractivity contribution is -0.135. The highest BCUT2D eigenvalue weighted by atomic mass is 32.1. The number of rotatable bonds is 5. The highest BCUT2D eigenvalue weighted by molar-refractivity contribution is 7.15. The van der Waals surface area contributed by atoms with Gasteiger partial charge in [0.25, 0.3) is 5.91 Å². The number of imidazole rings is 1. The molecule has 1 amide bonds. The quantitative estimate of drug-likeness (QED) is 0.382. The number of ether oxygens (including phenoxy) is 1. The summed E-state index contributed by atoms with van der Waals surface area (Å²) in [6, 6.07) is 17.4. The third-order valence-corrected chi connectivity index (χ3v) is 6.93. The smallest absolute Gasteiger partial charge is 0.261 e. The molecule has 1 aliphatic heterocycles. The van der Waals surface area contributed by atoms with E-state index in [0.29, 0.717) is 18.7 Å². The van der Waals surface area contributed by atoms with Crippen molar-refractivity contribution >= 4 is 22.2 Å². The van der Waals surface area contributed by atoms with Crippen molar-refractivity contribution in [3.8, 4) is 11.4 Å². The van der Waals surface area contributed by atoms with Crippen LogP contribution in [0.2, 0.25) is 0 Å². The van der Waals surface area contributed by atoms with Gasteiger partial charge in [-0.2, -0.15) is 5.10 Å². The molecule has 1 aliphatic rings. The van der Waals surface area contributed by atoms with Crippen LogP contribution >= 0.6 is 11.3 Å². The minimum atomic E-state index is -0.292. The topological polar surface area (TPSA) is 64.7 Å². The number of amides is 1. The molecule has 3 aromatic heterocycles. The molecule has 0 saturated carbocycles. The average molecular weight is 470 g/mol. The summed E-state index contributed by atoms with van der Waals surface area (Å²) in [6.45, 7) is 2.58. The number of aromatic nitrogens is 4. The van der Waals surface area contributed by atoms with Gasteiger partial charge >= 0.3 is 0 Å². The van der Waals surface area contributed by atoms with Gasteiger partial charge in [-0.05, 0) is 31.2 Å². The second-order valence-electron chi connectivity index (χ2n) is 8.39. The average Bonchev–Trinajstić information content (AvgIpc) is 3.60. The van der Waals surface area contributed by atoms with Crippen molar-refractivity contribution in [1.29, 1.82) is 0 Å². The van der Waals surface area contributed by atoms with Crippen LogP contribution in [-0.4, -0.2) is 43.1 Å². The number of thiazole rings is 1. The van der Waals surface area contributed by atoms with Crippen LogP contribution in [0.25, 0.3) is 10.6 Å². The van der Waals surface area contributed by atoms with Crippen LogP contribution in [0.15, 0.2) is 78.6 Å². The normalized spacial score (nSPS) is 15.4. The number of carbonyl (C=O) groups excluding carboxylic acids is 1.